The van der Waals surface area contributed by atoms with Gasteiger partial charge in [0.15, 0.2) is 0 Å². The van der Waals surface area contributed by atoms with Crippen LogP contribution in [-0.4, -0.2) is 10.2 Å². The van der Waals surface area contributed by atoms with Gasteiger partial charge in [0.2, 0.25) is 0 Å². The number of aromatic amines is 1. The molecular weight excluding hydrogens is 112 g/mol. The second kappa shape index (κ2) is 2.49. The highest BCUT2D eigenvalue weighted by atomic mass is 15.1. The van der Waals surface area contributed by atoms with Crippen molar-refractivity contribution < 1.29 is 0 Å². The number of hydrogen-bond donors (Lipinski definition) is 1. The zero-order chi connectivity index (χ0) is 6.69. The average Bonchev–Trinajstić information content (AvgIpc) is 2.33. The molecule has 0 saturated heterocycles. The summed E-state index contributed by atoms with van der Waals surface area (Å²) < 4.78 is 0. The molecule has 0 fully saturated rings. The highest BCUT2D eigenvalue weighted by Gasteiger charge is 1.95. The molecule has 1 N–H and O–H groups in total. The van der Waals surface area contributed by atoms with E-state index in [2.05, 4.69) is 23.7 Å². The number of aromatic nitrogens is 2. The third kappa shape index (κ3) is 1.02. The molecule has 2 heteroatoms. The summed E-state index contributed by atoms with van der Waals surface area (Å²) in [6.07, 6.45) is 4.58. The first-order valence-corrected chi connectivity index (χ1v) is 3.03. The van der Waals surface area contributed by atoms with E-state index in [0.717, 1.165) is 17.7 Å². The molecule has 0 unspecified atom stereocenters. The third-order valence-electron chi connectivity index (χ3n) is 1.33. The molecule has 9 heavy (non-hydrogen) atoms. The fourth-order valence-corrected chi connectivity index (χ4v) is 0.781. The molecule has 0 saturated carbocycles. The molecule has 1 rings (SSSR count). The molecule has 0 aliphatic rings. The van der Waals surface area contributed by atoms with Crippen molar-refractivity contribution in [3.8, 4) is 0 Å². The lowest BCUT2D eigenvalue weighted by atomic mass is 10.2. The Balaban J connectivity index is 2.98. The maximum atomic E-state index is 3.87. The van der Waals surface area contributed by atoms with Crippen LogP contribution in [0.25, 0.3) is 6.08 Å². The van der Waals surface area contributed by atoms with Crippen molar-refractivity contribution >= 4 is 6.08 Å². The second-order valence-corrected chi connectivity index (χ2v) is 1.86. The van der Waals surface area contributed by atoms with Gasteiger partial charge in [-0.2, -0.15) is 5.10 Å². The normalized spacial score (nSPS) is 9.44. The first-order chi connectivity index (χ1) is 4.38. The minimum atomic E-state index is 0.987. The Labute approximate surface area is 54.6 Å². The summed E-state index contributed by atoms with van der Waals surface area (Å²) in [5, 5.41) is 6.75. The van der Waals surface area contributed by atoms with Gasteiger partial charge < -0.3 is 0 Å². The van der Waals surface area contributed by atoms with E-state index in [-0.39, 0.29) is 0 Å². The van der Waals surface area contributed by atoms with Crippen LogP contribution in [0, 0.1) is 0 Å². The van der Waals surface area contributed by atoms with Crippen LogP contribution < -0.4 is 0 Å². The molecule has 0 aliphatic heterocycles. The highest BCUT2D eigenvalue weighted by molar-refractivity contribution is 5.47. The molecule has 0 aromatic carbocycles. The van der Waals surface area contributed by atoms with E-state index in [1.165, 1.54) is 0 Å². The van der Waals surface area contributed by atoms with E-state index in [1.807, 2.05) is 6.08 Å². The number of rotatable bonds is 2. The topological polar surface area (TPSA) is 28.7 Å². The first kappa shape index (κ1) is 6.08. The first-order valence-electron chi connectivity index (χ1n) is 3.03. The van der Waals surface area contributed by atoms with Crippen molar-refractivity contribution in [2.45, 2.75) is 13.3 Å². The average molecular weight is 122 g/mol. The lowest BCUT2D eigenvalue weighted by molar-refractivity contribution is 0.973. The van der Waals surface area contributed by atoms with Crippen LogP contribution in [0.2, 0.25) is 0 Å². The van der Waals surface area contributed by atoms with Crippen LogP contribution in [0.1, 0.15) is 18.2 Å². The molecule has 0 amide bonds. The lowest BCUT2D eigenvalue weighted by Gasteiger charge is -1.88. The van der Waals surface area contributed by atoms with Crippen molar-refractivity contribution in [1.29, 1.82) is 0 Å². The van der Waals surface area contributed by atoms with Gasteiger partial charge in [-0.1, -0.05) is 19.6 Å². The smallest absolute Gasteiger partial charge is 0.0562 e. The predicted octanol–water partition coefficient (Wildman–Crippen LogP) is 1.62. The van der Waals surface area contributed by atoms with E-state index in [9.17, 15) is 0 Å². The molecule has 48 valence electrons. The fraction of sp³-hybridized carbons (Fsp3) is 0.286. The summed E-state index contributed by atoms with van der Waals surface area (Å²) in [4.78, 5) is 0. The van der Waals surface area contributed by atoms with E-state index in [1.54, 1.807) is 6.20 Å². The van der Waals surface area contributed by atoms with Crippen LogP contribution in [-0.2, 0) is 6.42 Å². The SMILES string of the molecule is C=Cc1cn[nH]c1CC. The minimum absolute atomic E-state index is 0.987. The number of H-pyrrole nitrogens is 1. The van der Waals surface area contributed by atoms with Gasteiger partial charge in [0, 0.05) is 11.3 Å². The van der Waals surface area contributed by atoms with Crippen molar-refractivity contribution in [3.05, 3.63) is 24.0 Å². The Morgan fingerprint density at radius 3 is 3.11 bits per heavy atom. The molecule has 0 atom stereocenters. The summed E-state index contributed by atoms with van der Waals surface area (Å²) in [5.41, 5.74) is 2.27. The Morgan fingerprint density at radius 1 is 1.89 bits per heavy atom. The monoisotopic (exact) mass is 122 g/mol. The van der Waals surface area contributed by atoms with Gasteiger partial charge in [-0.05, 0) is 6.42 Å². The summed E-state index contributed by atoms with van der Waals surface area (Å²) in [6.45, 7) is 5.74. The quantitative estimate of drug-likeness (QED) is 0.634. The number of nitrogens with zero attached hydrogens (tertiary/aromatic N) is 1. The zero-order valence-electron chi connectivity index (χ0n) is 5.52. The van der Waals surface area contributed by atoms with Crippen LogP contribution in [0.3, 0.4) is 0 Å². The Bertz CT molecular complexity index is 200. The summed E-state index contributed by atoms with van der Waals surface area (Å²) in [7, 11) is 0. The number of aryl methyl sites for hydroxylation is 1. The standard InChI is InChI=1S/C7H10N2/c1-3-6-5-8-9-7(6)4-2/h3,5H,1,4H2,2H3,(H,8,9). The van der Waals surface area contributed by atoms with E-state index in [0.29, 0.717) is 0 Å². The largest absolute Gasteiger partial charge is 0.282 e. The number of nitrogens with one attached hydrogen (secondary N) is 1. The molecule has 1 aromatic heterocycles. The van der Waals surface area contributed by atoms with Gasteiger partial charge in [0.25, 0.3) is 0 Å². The molecule has 0 bridgehead atoms. The van der Waals surface area contributed by atoms with Crippen LogP contribution in [0.15, 0.2) is 12.8 Å². The van der Waals surface area contributed by atoms with E-state index < -0.39 is 0 Å². The Hall–Kier alpha value is -1.05. The van der Waals surface area contributed by atoms with Crippen LogP contribution in [0.5, 0.6) is 0 Å². The summed E-state index contributed by atoms with van der Waals surface area (Å²) in [6, 6.07) is 0. The molecule has 0 spiro atoms. The van der Waals surface area contributed by atoms with Crippen molar-refractivity contribution in [2.75, 3.05) is 0 Å². The van der Waals surface area contributed by atoms with Crippen LogP contribution in [0.4, 0.5) is 0 Å². The number of hydrogen-bond acceptors (Lipinski definition) is 1. The molecular formula is C7H10N2. The molecule has 1 heterocycles. The predicted molar refractivity (Wildman–Crippen MR) is 38.1 cm³/mol. The van der Waals surface area contributed by atoms with Gasteiger partial charge in [-0.25, -0.2) is 0 Å². The van der Waals surface area contributed by atoms with E-state index >= 15 is 0 Å². The lowest BCUT2D eigenvalue weighted by Crippen LogP contribution is -1.81. The zero-order valence-corrected chi connectivity index (χ0v) is 5.52. The van der Waals surface area contributed by atoms with Gasteiger partial charge in [-0.3, -0.25) is 5.10 Å². The summed E-state index contributed by atoms with van der Waals surface area (Å²) in [5.74, 6) is 0. The third-order valence-corrected chi connectivity index (χ3v) is 1.33. The fourth-order valence-electron chi connectivity index (χ4n) is 0.781. The highest BCUT2D eigenvalue weighted by Crippen LogP contribution is 2.04. The Morgan fingerprint density at radius 2 is 2.67 bits per heavy atom. The van der Waals surface area contributed by atoms with Crippen LogP contribution >= 0.6 is 0 Å². The Kier molecular flexibility index (Phi) is 1.68. The van der Waals surface area contributed by atoms with Crippen molar-refractivity contribution in [2.24, 2.45) is 0 Å². The van der Waals surface area contributed by atoms with Crippen molar-refractivity contribution in [3.63, 3.8) is 0 Å². The summed E-state index contributed by atoms with van der Waals surface area (Å²) >= 11 is 0. The molecule has 0 radical (unpaired) electrons. The van der Waals surface area contributed by atoms with E-state index in [4.69, 9.17) is 0 Å². The van der Waals surface area contributed by atoms with Gasteiger partial charge in [-0.15, -0.1) is 0 Å². The maximum Gasteiger partial charge on any atom is 0.0562 e. The van der Waals surface area contributed by atoms with Gasteiger partial charge in [0.05, 0.1) is 6.20 Å². The maximum absolute atomic E-state index is 3.87. The molecule has 2 nitrogen and oxygen atoms in total. The second-order valence-electron chi connectivity index (χ2n) is 1.86. The minimum Gasteiger partial charge on any atom is -0.282 e. The molecule has 1 aromatic rings. The van der Waals surface area contributed by atoms with Gasteiger partial charge >= 0.3 is 0 Å². The van der Waals surface area contributed by atoms with Crippen molar-refractivity contribution in [1.82, 2.24) is 10.2 Å². The molecule has 0 aliphatic carbocycles. The van der Waals surface area contributed by atoms with Gasteiger partial charge in [0.1, 0.15) is 0 Å².